The van der Waals surface area contributed by atoms with Gasteiger partial charge in [-0.05, 0) is 36.2 Å². The zero-order valence-corrected chi connectivity index (χ0v) is 15.2. The molecule has 0 aliphatic carbocycles. The van der Waals surface area contributed by atoms with E-state index in [9.17, 15) is 4.79 Å². The maximum Gasteiger partial charge on any atom is 0.260 e. The molecule has 0 bridgehead atoms. The van der Waals surface area contributed by atoms with E-state index in [0.717, 1.165) is 38.3 Å². The lowest BCUT2D eigenvalue weighted by Crippen LogP contribution is -2.49. The molecule has 1 saturated heterocycles. The molecule has 0 N–H and O–H groups in total. The SMILES string of the molecule is Cc1cc(Cl)ccc1OCC(=O)N1CCN(Cc2ccccc2)CC1. The molecule has 4 nitrogen and oxygen atoms in total. The van der Waals surface area contributed by atoms with Gasteiger partial charge in [0.1, 0.15) is 5.75 Å². The zero-order chi connectivity index (χ0) is 17.6. The Morgan fingerprint density at radius 2 is 1.80 bits per heavy atom. The number of hydrogen-bond acceptors (Lipinski definition) is 3. The van der Waals surface area contributed by atoms with Crippen LogP contribution in [0.15, 0.2) is 48.5 Å². The zero-order valence-electron chi connectivity index (χ0n) is 14.5. The van der Waals surface area contributed by atoms with Crippen molar-refractivity contribution in [1.29, 1.82) is 0 Å². The van der Waals surface area contributed by atoms with Crippen LogP contribution in [0.5, 0.6) is 5.75 Å². The fraction of sp³-hybridized carbons (Fsp3) is 0.350. The van der Waals surface area contributed by atoms with Crippen LogP contribution >= 0.6 is 11.6 Å². The minimum Gasteiger partial charge on any atom is -0.483 e. The molecule has 0 saturated carbocycles. The van der Waals surface area contributed by atoms with Gasteiger partial charge in [-0.1, -0.05) is 41.9 Å². The quantitative estimate of drug-likeness (QED) is 0.821. The van der Waals surface area contributed by atoms with Gasteiger partial charge in [-0.15, -0.1) is 0 Å². The van der Waals surface area contributed by atoms with Crippen molar-refractivity contribution >= 4 is 17.5 Å². The maximum atomic E-state index is 12.4. The van der Waals surface area contributed by atoms with E-state index in [2.05, 4.69) is 29.2 Å². The van der Waals surface area contributed by atoms with Gasteiger partial charge in [-0.3, -0.25) is 9.69 Å². The maximum absolute atomic E-state index is 12.4. The van der Waals surface area contributed by atoms with Crippen LogP contribution in [-0.2, 0) is 11.3 Å². The fourth-order valence-electron chi connectivity index (χ4n) is 3.00. The number of rotatable bonds is 5. The van der Waals surface area contributed by atoms with Crippen LogP contribution in [0.25, 0.3) is 0 Å². The van der Waals surface area contributed by atoms with Crippen molar-refractivity contribution in [2.75, 3.05) is 32.8 Å². The molecule has 1 fully saturated rings. The normalized spacial score (nSPS) is 15.2. The summed E-state index contributed by atoms with van der Waals surface area (Å²) in [5, 5.41) is 0.672. The van der Waals surface area contributed by atoms with Gasteiger partial charge in [0.25, 0.3) is 5.91 Å². The first-order valence-electron chi connectivity index (χ1n) is 8.55. The molecule has 5 heteroatoms. The van der Waals surface area contributed by atoms with E-state index in [4.69, 9.17) is 16.3 Å². The van der Waals surface area contributed by atoms with E-state index in [1.165, 1.54) is 5.56 Å². The molecule has 1 aliphatic rings. The summed E-state index contributed by atoms with van der Waals surface area (Å²) < 4.78 is 5.67. The molecule has 0 aromatic heterocycles. The van der Waals surface area contributed by atoms with Gasteiger partial charge in [-0.25, -0.2) is 0 Å². The molecule has 3 rings (SSSR count). The number of carbonyl (C=O) groups excluding carboxylic acids is 1. The Morgan fingerprint density at radius 3 is 2.48 bits per heavy atom. The molecule has 0 radical (unpaired) electrons. The van der Waals surface area contributed by atoms with E-state index >= 15 is 0 Å². The van der Waals surface area contributed by atoms with E-state index in [0.29, 0.717) is 10.8 Å². The minimum absolute atomic E-state index is 0.0358. The van der Waals surface area contributed by atoms with Crippen LogP contribution in [0.2, 0.25) is 5.02 Å². The lowest BCUT2D eigenvalue weighted by Gasteiger charge is -2.34. The van der Waals surface area contributed by atoms with Gasteiger partial charge in [0, 0.05) is 37.7 Å². The van der Waals surface area contributed by atoms with Gasteiger partial charge < -0.3 is 9.64 Å². The number of amides is 1. The van der Waals surface area contributed by atoms with Gasteiger partial charge in [-0.2, -0.15) is 0 Å². The standard InChI is InChI=1S/C20H23ClN2O2/c1-16-13-18(21)7-8-19(16)25-15-20(24)23-11-9-22(10-12-23)14-17-5-3-2-4-6-17/h2-8,13H,9-12,14-15H2,1H3. The van der Waals surface area contributed by atoms with Gasteiger partial charge >= 0.3 is 0 Å². The Bertz CT molecular complexity index is 713. The summed E-state index contributed by atoms with van der Waals surface area (Å²) in [7, 11) is 0. The fourth-order valence-corrected chi connectivity index (χ4v) is 3.23. The Balaban J connectivity index is 1.45. The molecule has 0 spiro atoms. The van der Waals surface area contributed by atoms with E-state index in [-0.39, 0.29) is 12.5 Å². The highest BCUT2D eigenvalue weighted by molar-refractivity contribution is 6.30. The topological polar surface area (TPSA) is 32.8 Å². The van der Waals surface area contributed by atoms with Crippen LogP contribution in [0.4, 0.5) is 0 Å². The predicted molar refractivity (Wildman–Crippen MR) is 100.0 cm³/mol. The molecule has 0 unspecified atom stereocenters. The van der Waals surface area contributed by atoms with Gasteiger partial charge in [0.05, 0.1) is 0 Å². The Morgan fingerprint density at radius 1 is 1.08 bits per heavy atom. The molecular weight excluding hydrogens is 336 g/mol. The van der Waals surface area contributed by atoms with Crippen molar-refractivity contribution in [2.45, 2.75) is 13.5 Å². The Labute approximate surface area is 154 Å². The van der Waals surface area contributed by atoms with Crippen molar-refractivity contribution in [1.82, 2.24) is 9.80 Å². The van der Waals surface area contributed by atoms with Crippen LogP contribution in [0.3, 0.4) is 0 Å². The summed E-state index contributed by atoms with van der Waals surface area (Å²) in [5.41, 5.74) is 2.25. The second-order valence-corrected chi connectivity index (χ2v) is 6.78. The Hall–Kier alpha value is -2.04. The number of aryl methyl sites for hydroxylation is 1. The average molecular weight is 359 g/mol. The van der Waals surface area contributed by atoms with Crippen LogP contribution in [-0.4, -0.2) is 48.5 Å². The van der Waals surface area contributed by atoms with Crippen molar-refractivity contribution in [3.05, 3.63) is 64.7 Å². The van der Waals surface area contributed by atoms with E-state index in [1.54, 1.807) is 6.07 Å². The van der Waals surface area contributed by atoms with Crippen LogP contribution < -0.4 is 4.74 Å². The summed E-state index contributed by atoms with van der Waals surface area (Å²) in [6.07, 6.45) is 0. The minimum atomic E-state index is 0.0358. The molecule has 1 amide bonds. The monoisotopic (exact) mass is 358 g/mol. The molecule has 25 heavy (non-hydrogen) atoms. The van der Waals surface area contributed by atoms with Crippen LogP contribution in [0, 0.1) is 6.92 Å². The summed E-state index contributed by atoms with van der Waals surface area (Å²) in [6.45, 7) is 6.20. The molecule has 2 aromatic carbocycles. The number of ether oxygens (including phenoxy) is 1. The van der Waals surface area contributed by atoms with Gasteiger partial charge in [0.15, 0.2) is 6.61 Å². The molecule has 132 valence electrons. The first-order valence-corrected chi connectivity index (χ1v) is 8.92. The van der Waals surface area contributed by atoms with Crippen molar-refractivity contribution in [3.8, 4) is 5.75 Å². The molecular formula is C20H23ClN2O2. The largest absolute Gasteiger partial charge is 0.483 e. The highest BCUT2D eigenvalue weighted by atomic mass is 35.5. The number of piperazine rings is 1. The second-order valence-electron chi connectivity index (χ2n) is 6.34. The van der Waals surface area contributed by atoms with Crippen molar-refractivity contribution in [3.63, 3.8) is 0 Å². The van der Waals surface area contributed by atoms with Crippen molar-refractivity contribution < 1.29 is 9.53 Å². The molecule has 0 atom stereocenters. The highest BCUT2D eigenvalue weighted by Crippen LogP contribution is 2.21. The lowest BCUT2D eigenvalue weighted by molar-refractivity contribution is -0.135. The van der Waals surface area contributed by atoms with E-state index in [1.807, 2.05) is 30.0 Å². The number of carbonyl (C=O) groups is 1. The number of hydrogen-bond donors (Lipinski definition) is 0. The third kappa shape index (κ3) is 4.97. The van der Waals surface area contributed by atoms with Crippen LogP contribution in [0.1, 0.15) is 11.1 Å². The number of halogens is 1. The summed E-state index contributed by atoms with van der Waals surface area (Å²) in [6, 6.07) is 15.8. The number of nitrogens with zero attached hydrogens (tertiary/aromatic N) is 2. The smallest absolute Gasteiger partial charge is 0.260 e. The highest BCUT2D eigenvalue weighted by Gasteiger charge is 2.21. The molecule has 1 heterocycles. The van der Waals surface area contributed by atoms with Gasteiger partial charge in [0.2, 0.25) is 0 Å². The first kappa shape index (κ1) is 17.8. The predicted octanol–water partition coefficient (Wildman–Crippen LogP) is 3.37. The first-order chi connectivity index (χ1) is 12.1. The number of benzene rings is 2. The van der Waals surface area contributed by atoms with E-state index < -0.39 is 0 Å². The Kier molecular flexibility index (Phi) is 5.95. The van der Waals surface area contributed by atoms with Crippen molar-refractivity contribution in [2.24, 2.45) is 0 Å². The average Bonchev–Trinajstić information content (AvgIpc) is 2.62. The second kappa shape index (κ2) is 8.37. The molecule has 2 aromatic rings. The summed E-state index contributed by atoms with van der Waals surface area (Å²) in [4.78, 5) is 16.6. The molecule has 1 aliphatic heterocycles. The third-order valence-corrected chi connectivity index (χ3v) is 4.70. The summed E-state index contributed by atoms with van der Waals surface area (Å²) in [5.74, 6) is 0.745. The summed E-state index contributed by atoms with van der Waals surface area (Å²) >= 11 is 5.94. The lowest BCUT2D eigenvalue weighted by atomic mass is 10.2. The third-order valence-electron chi connectivity index (χ3n) is 4.46.